The third-order valence-corrected chi connectivity index (χ3v) is 3.35. The van der Waals surface area contributed by atoms with Gasteiger partial charge in [-0.15, -0.1) is 0 Å². The molecule has 2 aromatic rings. The number of methoxy groups -OCH3 is 1. The second kappa shape index (κ2) is 8.24. The number of nitrogens with one attached hydrogen (secondary N) is 1. The van der Waals surface area contributed by atoms with Gasteiger partial charge in [0.25, 0.3) is 5.91 Å². The van der Waals surface area contributed by atoms with Crippen molar-refractivity contribution in [3.8, 4) is 0 Å². The molecule has 1 amide bonds. The molecule has 0 unspecified atom stereocenters. The van der Waals surface area contributed by atoms with Gasteiger partial charge in [-0.1, -0.05) is 12.1 Å². The van der Waals surface area contributed by atoms with Gasteiger partial charge in [-0.2, -0.15) is 0 Å². The minimum Gasteiger partial charge on any atom is -0.385 e. The third-order valence-electron chi connectivity index (χ3n) is 3.35. The zero-order valence-corrected chi connectivity index (χ0v) is 13.3. The highest BCUT2D eigenvalue weighted by Gasteiger charge is 2.17. The normalized spacial score (nSPS) is 10.4. The number of nitrogens with zero attached hydrogens (tertiary/aromatic N) is 2. The highest BCUT2D eigenvalue weighted by atomic mass is 19.1. The molecule has 5 nitrogen and oxygen atoms in total. The van der Waals surface area contributed by atoms with Crippen molar-refractivity contribution in [1.82, 2.24) is 9.88 Å². The molecule has 0 aliphatic rings. The average molecular weight is 317 g/mol. The second-order valence-electron chi connectivity index (χ2n) is 5.08. The van der Waals surface area contributed by atoms with Crippen molar-refractivity contribution in [2.45, 2.75) is 6.42 Å². The number of hydrogen-bond acceptors (Lipinski definition) is 4. The molecule has 0 aliphatic heterocycles. The van der Waals surface area contributed by atoms with Crippen LogP contribution in [0, 0.1) is 5.82 Å². The largest absolute Gasteiger partial charge is 0.385 e. The first-order chi connectivity index (χ1) is 11.1. The maximum Gasteiger partial charge on any atom is 0.257 e. The summed E-state index contributed by atoms with van der Waals surface area (Å²) < 4.78 is 18.8. The molecule has 0 bridgehead atoms. The van der Waals surface area contributed by atoms with Crippen LogP contribution in [0.4, 0.5) is 15.9 Å². The number of rotatable bonds is 7. The van der Waals surface area contributed by atoms with Crippen LogP contribution >= 0.6 is 0 Å². The van der Waals surface area contributed by atoms with E-state index in [1.165, 1.54) is 6.07 Å². The van der Waals surface area contributed by atoms with Crippen molar-refractivity contribution < 1.29 is 13.9 Å². The Balaban J connectivity index is 2.17. The van der Waals surface area contributed by atoms with E-state index < -0.39 is 5.82 Å². The van der Waals surface area contributed by atoms with Gasteiger partial charge >= 0.3 is 0 Å². The summed E-state index contributed by atoms with van der Waals surface area (Å²) in [5.41, 5.74) is 0.679. The molecule has 1 aromatic carbocycles. The van der Waals surface area contributed by atoms with E-state index in [-0.39, 0.29) is 11.6 Å². The monoisotopic (exact) mass is 317 g/mol. The summed E-state index contributed by atoms with van der Waals surface area (Å²) in [6.07, 6.45) is 2.31. The standard InChI is InChI=1S/C17H20FN3O2/c1-21(11-6-12-23-2)17(22)13-7-5-10-19-16(13)20-15-9-4-3-8-14(15)18/h3-5,7-10H,6,11-12H2,1-2H3,(H,19,20). The van der Waals surface area contributed by atoms with Crippen molar-refractivity contribution in [2.24, 2.45) is 0 Å². The molecule has 23 heavy (non-hydrogen) atoms. The molecule has 0 saturated heterocycles. The molecular formula is C17H20FN3O2. The number of amides is 1. The van der Waals surface area contributed by atoms with Crippen LogP contribution in [0.3, 0.4) is 0 Å². The number of benzene rings is 1. The number of carbonyl (C=O) groups is 1. The summed E-state index contributed by atoms with van der Waals surface area (Å²) in [5, 5.41) is 2.89. The summed E-state index contributed by atoms with van der Waals surface area (Å²) in [6.45, 7) is 1.16. The number of ether oxygens (including phenoxy) is 1. The van der Waals surface area contributed by atoms with Crippen LogP contribution in [0.2, 0.25) is 0 Å². The summed E-state index contributed by atoms with van der Waals surface area (Å²) >= 11 is 0. The Morgan fingerprint density at radius 3 is 2.83 bits per heavy atom. The minimum atomic E-state index is -0.398. The summed E-state index contributed by atoms with van der Waals surface area (Å²) in [6, 6.07) is 9.62. The van der Waals surface area contributed by atoms with E-state index in [4.69, 9.17) is 4.74 Å². The fourth-order valence-corrected chi connectivity index (χ4v) is 2.12. The van der Waals surface area contributed by atoms with Crippen molar-refractivity contribution in [3.05, 3.63) is 54.0 Å². The predicted molar refractivity (Wildman–Crippen MR) is 87.4 cm³/mol. The Hall–Kier alpha value is -2.47. The van der Waals surface area contributed by atoms with Crippen molar-refractivity contribution >= 4 is 17.4 Å². The van der Waals surface area contributed by atoms with Crippen LogP contribution < -0.4 is 5.32 Å². The van der Waals surface area contributed by atoms with E-state index in [1.54, 1.807) is 55.6 Å². The lowest BCUT2D eigenvalue weighted by molar-refractivity contribution is 0.0780. The van der Waals surface area contributed by atoms with Gasteiger partial charge in [0.1, 0.15) is 11.6 Å². The maximum absolute atomic E-state index is 13.8. The number of para-hydroxylation sites is 1. The molecule has 0 aliphatic carbocycles. The van der Waals surface area contributed by atoms with Gasteiger partial charge in [-0.25, -0.2) is 9.37 Å². The zero-order chi connectivity index (χ0) is 16.7. The lowest BCUT2D eigenvalue weighted by Crippen LogP contribution is -2.29. The van der Waals surface area contributed by atoms with Crippen LogP contribution in [-0.2, 0) is 4.74 Å². The van der Waals surface area contributed by atoms with Crippen LogP contribution in [-0.4, -0.2) is 43.1 Å². The van der Waals surface area contributed by atoms with Gasteiger partial charge in [0.2, 0.25) is 0 Å². The van der Waals surface area contributed by atoms with Crippen LogP contribution in [0.5, 0.6) is 0 Å². The molecule has 0 saturated carbocycles. The van der Waals surface area contributed by atoms with Gasteiger partial charge in [0, 0.05) is 33.5 Å². The lowest BCUT2D eigenvalue weighted by Gasteiger charge is -2.19. The number of hydrogen-bond donors (Lipinski definition) is 1. The van der Waals surface area contributed by atoms with E-state index in [0.29, 0.717) is 24.5 Å². The first-order valence-electron chi connectivity index (χ1n) is 7.34. The van der Waals surface area contributed by atoms with E-state index in [1.807, 2.05) is 0 Å². The Bertz CT molecular complexity index is 664. The van der Waals surface area contributed by atoms with E-state index in [2.05, 4.69) is 10.3 Å². The van der Waals surface area contributed by atoms with Crippen molar-refractivity contribution in [2.75, 3.05) is 32.6 Å². The van der Waals surface area contributed by atoms with E-state index >= 15 is 0 Å². The highest BCUT2D eigenvalue weighted by Crippen LogP contribution is 2.21. The van der Waals surface area contributed by atoms with Crippen LogP contribution in [0.25, 0.3) is 0 Å². The number of aromatic nitrogens is 1. The Morgan fingerprint density at radius 2 is 2.09 bits per heavy atom. The number of anilines is 2. The molecule has 0 radical (unpaired) electrons. The number of pyridine rings is 1. The lowest BCUT2D eigenvalue weighted by atomic mass is 10.2. The zero-order valence-electron chi connectivity index (χ0n) is 13.3. The Labute approximate surface area is 135 Å². The van der Waals surface area contributed by atoms with Gasteiger partial charge in [0.15, 0.2) is 0 Å². The Kier molecular flexibility index (Phi) is 6.05. The van der Waals surface area contributed by atoms with E-state index in [9.17, 15) is 9.18 Å². The molecule has 0 spiro atoms. The molecule has 0 fully saturated rings. The molecular weight excluding hydrogens is 297 g/mol. The van der Waals surface area contributed by atoms with Gasteiger partial charge in [-0.05, 0) is 30.7 Å². The van der Waals surface area contributed by atoms with Crippen molar-refractivity contribution in [1.29, 1.82) is 0 Å². The Morgan fingerprint density at radius 1 is 1.30 bits per heavy atom. The molecule has 6 heteroatoms. The fourth-order valence-electron chi connectivity index (χ4n) is 2.12. The highest BCUT2D eigenvalue weighted by molar-refractivity contribution is 5.99. The number of halogens is 1. The predicted octanol–water partition coefficient (Wildman–Crippen LogP) is 3.07. The molecule has 1 N–H and O–H groups in total. The molecule has 0 atom stereocenters. The minimum absolute atomic E-state index is 0.173. The molecule has 1 heterocycles. The molecule has 1 aromatic heterocycles. The van der Waals surface area contributed by atoms with Gasteiger partial charge in [-0.3, -0.25) is 4.79 Å². The fraction of sp³-hybridized carbons (Fsp3) is 0.294. The molecule has 2 rings (SSSR count). The average Bonchev–Trinajstić information content (AvgIpc) is 2.57. The summed E-state index contributed by atoms with van der Waals surface area (Å²) in [7, 11) is 3.34. The van der Waals surface area contributed by atoms with Crippen molar-refractivity contribution in [3.63, 3.8) is 0 Å². The SMILES string of the molecule is COCCCN(C)C(=O)c1cccnc1Nc1ccccc1F. The first kappa shape index (κ1) is 16.9. The van der Waals surface area contributed by atoms with Crippen LogP contribution in [0.1, 0.15) is 16.8 Å². The molecule has 122 valence electrons. The van der Waals surface area contributed by atoms with Gasteiger partial charge in [0.05, 0.1) is 11.3 Å². The van der Waals surface area contributed by atoms with Crippen LogP contribution in [0.15, 0.2) is 42.6 Å². The summed E-state index contributed by atoms with van der Waals surface area (Å²) in [5.74, 6) is -0.237. The second-order valence-corrected chi connectivity index (χ2v) is 5.08. The quantitative estimate of drug-likeness (QED) is 0.797. The first-order valence-corrected chi connectivity index (χ1v) is 7.34. The number of carbonyl (C=O) groups excluding carboxylic acids is 1. The topological polar surface area (TPSA) is 54.5 Å². The third kappa shape index (κ3) is 4.50. The maximum atomic E-state index is 13.8. The smallest absolute Gasteiger partial charge is 0.257 e. The summed E-state index contributed by atoms with van der Waals surface area (Å²) in [4.78, 5) is 18.3. The van der Waals surface area contributed by atoms with E-state index in [0.717, 1.165) is 6.42 Å². The van der Waals surface area contributed by atoms with Gasteiger partial charge < -0.3 is 15.0 Å².